The van der Waals surface area contributed by atoms with E-state index in [0.717, 1.165) is 5.69 Å². The molecule has 1 atom stereocenters. The fourth-order valence-electron chi connectivity index (χ4n) is 1.73. The molecular formula is C14H23N3O. The van der Waals surface area contributed by atoms with Gasteiger partial charge in [0.05, 0.1) is 5.56 Å². The lowest BCUT2D eigenvalue weighted by Gasteiger charge is -2.35. The zero-order valence-corrected chi connectivity index (χ0v) is 12.1. The van der Waals surface area contributed by atoms with Crippen LogP contribution in [0.2, 0.25) is 0 Å². The predicted molar refractivity (Wildman–Crippen MR) is 74.8 cm³/mol. The van der Waals surface area contributed by atoms with Crippen LogP contribution in [0.1, 0.15) is 38.1 Å². The molecule has 0 spiro atoms. The zero-order chi connectivity index (χ0) is 13.9. The SMILES string of the molecule is CNc1ccncc1C(=O)N(C)C(C)C(C)(C)C. The minimum atomic E-state index is -0.00475. The number of amides is 1. The maximum Gasteiger partial charge on any atom is 0.257 e. The zero-order valence-electron chi connectivity index (χ0n) is 12.1. The van der Waals surface area contributed by atoms with Crippen LogP contribution in [0, 0.1) is 5.41 Å². The Labute approximate surface area is 109 Å². The first-order chi connectivity index (χ1) is 8.29. The summed E-state index contributed by atoms with van der Waals surface area (Å²) < 4.78 is 0. The van der Waals surface area contributed by atoms with Gasteiger partial charge in [-0.25, -0.2) is 0 Å². The molecule has 4 heteroatoms. The Morgan fingerprint density at radius 1 is 1.44 bits per heavy atom. The molecule has 0 fully saturated rings. The molecule has 4 nitrogen and oxygen atoms in total. The second-order valence-corrected chi connectivity index (χ2v) is 5.63. The Morgan fingerprint density at radius 2 is 2.06 bits per heavy atom. The van der Waals surface area contributed by atoms with Crippen LogP contribution in [0.4, 0.5) is 5.69 Å². The molecule has 0 aliphatic carbocycles. The summed E-state index contributed by atoms with van der Waals surface area (Å²) in [5, 5.41) is 3.02. The first-order valence-electron chi connectivity index (χ1n) is 6.18. The monoisotopic (exact) mass is 249 g/mol. The highest BCUT2D eigenvalue weighted by molar-refractivity contribution is 5.99. The minimum absolute atomic E-state index is 0.00475. The minimum Gasteiger partial charge on any atom is -0.387 e. The number of aromatic nitrogens is 1. The van der Waals surface area contributed by atoms with Crippen molar-refractivity contribution in [1.29, 1.82) is 0 Å². The summed E-state index contributed by atoms with van der Waals surface area (Å²) in [6, 6.07) is 1.96. The molecule has 0 aliphatic heterocycles. The number of carbonyl (C=O) groups is 1. The molecule has 1 aromatic heterocycles. The van der Waals surface area contributed by atoms with Crippen LogP contribution in [0.15, 0.2) is 18.5 Å². The van der Waals surface area contributed by atoms with Gasteiger partial charge in [0.2, 0.25) is 0 Å². The lowest BCUT2D eigenvalue weighted by molar-refractivity contribution is 0.0630. The highest BCUT2D eigenvalue weighted by Gasteiger charge is 2.28. The number of nitrogens with zero attached hydrogens (tertiary/aromatic N) is 2. The third-order valence-corrected chi connectivity index (χ3v) is 3.48. The Kier molecular flexibility index (Phi) is 4.33. The number of rotatable bonds is 3. The van der Waals surface area contributed by atoms with E-state index in [1.54, 1.807) is 24.3 Å². The molecule has 1 amide bonds. The van der Waals surface area contributed by atoms with Gasteiger partial charge in [-0.15, -0.1) is 0 Å². The summed E-state index contributed by atoms with van der Waals surface area (Å²) >= 11 is 0. The topological polar surface area (TPSA) is 45.2 Å². The third kappa shape index (κ3) is 3.00. The van der Waals surface area contributed by atoms with Gasteiger partial charge in [-0.05, 0) is 18.4 Å². The van der Waals surface area contributed by atoms with E-state index in [4.69, 9.17) is 0 Å². The second kappa shape index (κ2) is 5.38. The summed E-state index contributed by atoms with van der Waals surface area (Å²) in [6.07, 6.45) is 3.29. The Morgan fingerprint density at radius 3 is 2.56 bits per heavy atom. The van der Waals surface area contributed by atoms with E-state index in [1.807, 2.05) is 13.1 Å². The van der Waals surface area contributed by atoms with Crippen LogP contribution >= 0.6 is 0 Å². The number of nitrogens with one attached hydrogen (secondary N) is 1. The number of pyridine rings is 1. The van der Waals surface area contributed by atoms with Crippen LogP contribution in [0.25, 0.3) is 0 Å². The lowest BCUT2D eigenvalue weighted by atomic mass is 9.87. The van der Waals surface area contributed by atoms with Crippen molar-refractivity contribution >= 4 is 11.6 Å². The van der Waals surface area contributed by atoms with Crippen molar-refractivity contribution in [2.75, 3.05) is 19.4 Å². The smallest absolute Gasteiger partial charge is 0.257 e. The van der Waals surface area contributed by atoms with E-state index in [0.29, 0.717) is 5.56 Å². The number of anilines is 1. The average Bonchev–Trinajstić information content (AvgIpc) is 2.34. The molecule has 1 N–H and O–H groups in total. The molecule has 0 radical (unpaired) electrons. The Balaban J connectivity index is 3.00. The van der Waals surface area contributed by atoms with Gasteiger partial charge in [-0.3, -0.25) is 9.78 Å². The van der Waals surface area contributed by atoms with E-state index >= 15 is 0 Å². The maximum atomic E-state index is 12.5. The third-order valence-electron chi connectivity index (χ3n) is 3.48. The van der Waals surface area contributed by atoms with E-state index in [2.05, 4.69) is 38.0 Å². The summed E-state index contributed by atoms with van der Waals surface area (Å²) in [7, 11) is 3.64. The summed E-state index contributed by atoms with van der Waals surface area (Å²) in [4.78, 5) is 18.3. The van der Waals surface area contributed by atoms with Gasteiger partial charge in [0, 0.05) is 38.2 Å². The van der Waals surface area contributed by atoms with Crippen molar-refractivity contribution in [3.05, 3.63) is 24.0 Å². The fourth-order valence-corrected chi connectivity index (χ4v) is 1.73. The fraction of sp³-hybridized carbons (Fsp3) is 0.571. The molecule has 0 saturated carbocycles. The molecule has 0 aliphatic rings. The molecule has 0 aromatic carbocycles. The predicted octanol–water partition coefficient (Wildman–Crippen LogP) is 2.63. The lowest BCUT2D eigenvalue weighted by Crippen LogP contribution is -2.43. The maximum absolute atomic E-state index is 12.5. The van der Waals surface area contributed by atoms with E-state index in [-0.39, 0.29) is 17.4 Å². The quantitative estimate of drug-likeness (QED) is 0.895. The molecule has 1 unspecified atom stereocenters. The average molecular weight is 249 g/mol. The van der Waals surface area contributed by atoms with Crippen molar-refractivity contribution in [2.45, 2.75) is 33.7 Å². The van der Waals surface area contributed by atoms with Gasteiger partial charge < -0.3 is 10.2 Å². The molecule has 0 bridgehead atoms. The van der Waals surface area contributed by atoms with E-state index in [9.17, 15) is 4.79 Å². The van der Waals surface area contributed by atoms with Crippen LogP contribution < -0.4 is 5.32 Å². The standard InChI is InChI=1S/C14H23N3O/c1-10(14(2,3)4)17(6)13(18)11-9-16-8-7-12(11)15-5/h7-10H,1-6H3,(H,15,16). The van der Waals surface area contributed by atoms with Crippen molar-refractivity contribution in [2.24, 2.45) is 5.41 Å². The molecule has 1 rings (SSSR count). The summed E-state index contributed by atoms with van der Waals surface area (Å²) in [5.41, 5.74) is 1.47. The van der Waals surface area contributed by atoms with Crippen molar-refractivity contribution < 1.29 is 4.79 Å². The van der Waals surface area contributed by atoms with Gasteiger partial charge in [0.1, 0.15) is 0 Å². The molecule has 0 saturated heterocycles. The van der Waals surface area contributed by atoms with Crippen molar-refractivity contribution in [3.63, 3.8) is 0 Å². The summed E-state index contributed by atoms with van der Waals surface area (Å²) in [6.45, 7) is 8.45. The highest BCUT2D eigenvalue weighted by atomic mass is 16.2. The first-order valence-corrected chi connectivity index (χ1v) is 6.18. The molecule has 1 heterocycles. The van der Waals surface area contributed by atoms with E-state index < -0.39 is 0 Å². The number of hydrogen-bond donors (Lipinski definition) is 1. The molecule has 1 aromatic rings. The van der Waals surface area contributed by atoms with Gasteiger partial charge in [-0.2, -0.15) is 0 Å². The van der Waals surface area contributed by atoms with Gasteiger partial charge >= 0.3 is 0 Å². The second-order valence-electron chi connectivity index (χ2n) is 5.63. The Bertz CT molecular complexity index is 423. The van der Waals surface area contributed by atoms with Gasteiger partial charge in [0.25, 0.3) is 5.91 Å². The van der Waals surface area contributed by atoms with Crippen LogP contribution in [-0.4, -0.2) is 35.9 Å². The van der Waals surface area contributed by atoms with Crippen molar-refractivity contribution in [3.8, 4) is 0 Å². The van der Waals surface area contributed by atoms with Gasteiger partial charge in [0.15, 0.2) is 0 Å². The van der Waals surface area contributed by atoms with Gasteiger partial charge in [-0.1, -0.05) is 20.8 Å². The number of hydrogen-bond acceptors (Lipinski definition) is 3. The normalized spacial score (nSPS) is 13.0. The molecule has 100 valence electrons. The van der Waals surface area contributed by atoms with Crippen LogP contribution in [0.3, 0.4) is 0 Å². The largest absolute Gasteiger partial charge is 0.387 e. The van der Waals surface area contributed by atoms with Crippen LogP contribution in [0.5, 0.6) is 0 Å². The summed E-state index contributed by atoms with van der Waals surface area (Å²) in [5.74, 6) is -0.00475. The first kappa shape index (κ1) is 14.5. The Hall–Kier alpha value is -1.58. The van der Waals surface area contributed by atoms with Crippen molar-refractivity contribution in [1.82, 2.24) is 9.88 Å². The molecular weight excluding hydrogens is 226 g/mol. The number of carbonyl (C=O) groups excluding carboxylic acids is 1. The highest BCUT2D eigenvalue weighted by Crippen LogP contribution is 2.25. The molecule has 18 heavy (non-hydrogen) atoms. The van der Waals surface area contributed by atoms with E-state index in [1.165, 1.54) is 0 Å². The van der Waals surface area contributed by atoms with Crippen LogP contribution in [-0.2, 0) is 0 Å².